The van der Waals surface area contributed by atoms with Crippen molar-refractivity contribution in [3.8, 4) is 0 Å². The smallest absolute Gasteiger partial charge is 0.303 e. The number of halogens is 2. The number of carbonyl (C=O) groups excluding carboxylic acids is 1. The van der Waals surface area contributed by atoms with Gasteiger partial charge in [0.1, 0.15) is 0 Å². The van der Waals surface area contributed by atoms with Gasteiger partial charge >= 0.3 is 5.97 Å². The Morgan fingerprint density at radius 3 is 2.56 bits per heavy atom. The molecule has 6 heteroatoms. The summed E-state index contributed by atoms with van der Waals surface area (Å²) in [6.07, 6.45) is -0.645. The molecule has 0 saturated carbocycles. The lowest BCUT2D eigenvalue weighted by Crippen LogP contribution is -2.14. The van der Waals surface area contributed by atoms with Gasteiger partial charge in [0.2, 0.25) is 5.91 Å². The molecule has 4 nitrogen and oxygen atoms in total. The van der Waals surface area contributed by atoms with Gasteiger partial charge in [-0.3, -0.25) is 9.59 Å². The molecule has 0 aliphatic carbocycles. The molecule has 0 atom stereocenters. The van der Waals surface area contributed by atoms with Crippen LogP contribution in [0.15, 0.2) is 18.2 Å². The molecule has 0 spiro atoms. The molecule has 1 aromatic rings. The Bertz CT molecular complexity index is 421. The van der Waals surface area contributed by atoms with Crippen molar-refractivity contribution >= 4 is 17.6 Å². The number of nitrogens with one attached hydrogen (secondary N) is 1. The summed E-state index contributed by atoms with van der Waals surface area (Å²) in [4.78, 5) is 21.3. The molecule has 16 heavy (non-hydrogen) atoms. The Labute approximate surface area is 89.9 Å². The minimum atomic E-state index is -1.16. The second kappa shape index (κ2) is 5.20. The van der Waals surface area contributed by atoms with Crippen LogP contribution in [0.25, 0.3) is 0 Å². The molecule has 0 saturated heterocycles. The first-order valence-electron chi connectivity index (χ1n) is 4.46. The molecule has 0 aliphatic heterocycles. The highest BCUT2D eigenvalue weighted by Crippen LogP contribution is 2.16. The van der Waals surface area contributed by atoms with Crippen molar-refractivity contribution in [3.05, 3.63) is 29.8 Å². The average Bonchev–Trinajstić information content (AvgIpc) is 2.22. The summed E-state index contributed by atoms with van der Waals surface area (Å²) < 4.78 is 25.8. The van der Waals surface area contributed by atoms with Gasteiger partial charge in [0.25, 0.3) is 0 Å². The highest BCUT2D eigenvalue weighted by Gasteiger charge is 2.11. The van der Waals surface area contributed by atoms with Crippen molar-refractivity contribution in [2.45, 2.75) is 12.8 Å². The number of carboxylic acid groups (broad SMARTS) is 1. The van der Waals surface area contributed by atoms with Gasteiger partial charge in [-0.1, -0.05) is 6.07 Å². The molecule has 0 heterocycles. The molecule has 0 fully saturated rings. The number of benzene rings is 1. The van der Waals surface area contributed by atoms with Crippen LogP contribution in [-0.2, 0) is 9.59 Å². The van der Waals surface area contributed by atoms with E-state index in [0.717, 1.165) is 6.07 Å². The number of carboxylic acids is 1. The van der Waals surface area contributed by atoms with Crippen LogP contribution in [0.3, 0.4) is 0 Å². The van der Waals surface area contributed by atoms with Gasteiger partial charge in [-0.25, -0.2) is 8.78 Å². The standard InChI is InChI=1S/C10H9F2NO3/c11-6-2-1-3-7(10(6)12)13-8(14)4-5-9(15)16/h1-3H,4-5H2,(H,13,14)(H,15,16). The number of hydrogen-bond acceptors (Lipinski definition) is 2. The number of rotatable bonds is 4. The average molecular weight is 229 g/mol. The van der Waals surface area contributed by atoms with Crippen LogP contribution in [0.1, 0.15) is 12.8 Å². The molecule has 0 bridgehead atoms. The van der Waals surface area contributed by atoms with E-state index in [1.807, 2.05) is 0 Å². The highest BCUT2D eigenvalue weighted by molar-refractivity contribution is 5.92. The van der Waals surface area contributed by atoms with Crippen molar-refractivity contribution in [1.82, 2.24) is 0 Å². The lowest BCUT2D eigenvalue weighted by molar-refractivity contribution is -0.138. The zero-order chi connectivity index (χ0) is 12.1. The highest BCUT2D eigenvalue weighted by atomic mass is 19.2. The van der Waals surface area contributed by atoms with Crippen molar-refractivity contribution in [2.75, 3.05) is 5.32 Å². The zero-order valence-electron chi connectivity index (χ0n) is 8.17. The summed E-state index contributed by atoms with van der Waals surface area (Å²) in [6, 6.07) is 3.35. The maximum absolute atomic E-state index is 13.1. The molecule has 0 aromatic heterocycles. The first-order valence-corrected chi connectivity index (χ1v) is 4.46. The fourth-order valence-electron chi connectivity index (χ4n) is 1.03. The van der Waals surface area contributed by atoms with E-state index < -0.39 is 23.5 Å². The van der Waals surface area contributed by atoms with Crippen molar-refractivity contribution < 1.29 is 23.5 Å². The van der Waals surface area contributed by atoms with E-state index in [2.05, 4.69) is 5.32 Å². The summed E-state index contributed by atoms with van der Waals surface area (Å²) in [7, 11) is 0. The third kappa shape index (κ3) is 3.30. The van der Waals surface area contributed by atoms with Crippen molar-refractivity contribution in [2.24, 2.45) is 0 Å². The van der Waals surface area contributed by atoms with Crippen LogP contribution in [0, 0.1) is 11.6 Å². The minimum Gasteiger partial charge on any atom is -0.481 e. The van der Waals surface area contributed by atoms with Gasteiger partial charge in [-0.15, -0.1) is 0 Å². The number of anilines is 1. The van der Waals surface area contributed by atoms with E-state index in [0.29, 0.717) is 0 Å². The van der Waals surface area contributed by atoms with E-state index in [-0.39, 0.29) is 18.5 Å². The number of amides is 1. The molecule has 1 aromatic carbocycles. The quantitative estimate of drug-likeness (QED) is 0.826. The zero-order valence-corrected chi connectivity index (χ0v) is 8.17. The second-order valence-electron chi connectivity index (χ2n) is 3.04. The van der Waals surface area contributed by atoms with E-state index in [4.69, 9.17) is 5.11 Å². The minimum absolute atomic E-state index is 0.286. The predicted molar refractivity (Wildman–Crippen MR) is 51.9 cm³/mol. The maximum atomic E-state index is 13.1. The summed E-state index contributed by atoms with van der Waals surface area (Å²) in [5.74, 6) is -4.04. The SMILES string of the molecule is O=C(O)CCC(=O)Nc1cccc(F)c1F. The first kappa shape index (κ1) is 12.1. The van der Waals surface area contributed by atoms with E-state index in [9.17, 15) is 18.4 Å². The Kier molecular flexibility index (Phi) is 3.93. The van der Waals surface area contributed by atoms with Gasteiger partial charge < -0.3 is 10.4 Å². The topological polar surface area (TPSA) is 66.4 Å². The summed E-state index contributed by atoms with van der Waals surface area (Å²) in [5.41, 5.74) is -0.296. The third-order valence-electron chi connectivity index (χ3n) is 1.79. The molecular weight excluding hydrogens is 220 g/mol. The normalized spacial score (nSPS) is 9.88. The van der Waals surface area contributed by atoms with E-state index >= 15 is 0 Å². The fourth-order valence-corrected chi connectivity index (χ4v) is 1.03. The molecule has 0 radical (unpaired) electrons. The Hall–Kier alpha value is -1.98. The molecule has 86 valence electrons. The van der Waals surface area contributed by atoms with Crippen LogP contribution >= 0.6 is 0 Å². The molecule has 1 amide bonds. The van der Waals surface area contributed by atoms with Gasteiger partial charge in [0.05, 0.1) is 12.1 Å². The molecule has 2 N–H and O–H groups in total. The van der Waals surface area contributed by atoms with Crippen molar-refractivity contribution in [3.63, 3.8) is 0 Å². The molecule has 0 unspecified atom stereocenters. The molecule has 1 rings (SSSR count). The largest absolute Gasteiger partial charge is 0.481 e. The Morgan fingerprint density at radius 1 is 1.25 bits per heavy atom. The predicted octanol–water partition coefficient (Wildman–Crippen LogP) is 1.77. The monoisotopic (exact) mass is 229 g/mol. The number of hydrogen-bond donors (Lipinski definition) is 2. The van der Waals surface area contributed by atoms with Crippen LogP contribution in [0.2, 0.25) is 0 Å². The lowest BCUT2D eigenvalue weighted by Gasteiger charge is -2.05. The van der Waals surface area contributed by atoms with Gasteiger partial charge in [0, 0.05) is 6.42 Å². The third-order valence-corrected chi connectivity index (χ3v) is 1.79. The van der Waals surface area contributed by atoms with Crippen LogP contribution in [-0.4, -0.2) is 17.0 Å². The lowest BCUT2D eigenvalue weighted by atomic mass is 10.2. The van der Waals surface area contributed by atoms with Gasteiger partial charge in [-0.2, -0.15) is 0 Å². The second-order valence-corrected chi connectivity index (χ2v) is 3.04. The van der Waals surface area contributed by atoms with Crippen LogP contribution in [0.4, 0.5) is 14.5 Å². The fraction of sp³-hybridized carbons (Fsp3) is 0.200. The van der Waals surface area contributed by atoms with E-state index in [1.165, 1.54) is 12.1 Å². The van der Waals surface area contributed by atoms with E-state index in [1.54, 1.807) is 0 Å². The first-order chi connectivity index (χ1) is 7.50. The summed E-state index contributed by atoms with van der Waals surface area (Å²) in [6.45, 7) is 0. The summed E-state index contributed by atoms with van der Waals surface area (Å²) >= 11 is 0. The van der Waals surface area contributed by atoms with Gasteiger partial charge in [-0.05, 0) is 12.1 Å². The van der Waals surface area contributed by atoms with Crippen LogP contribution in [0.5, 0.6) is 0 Å². The maximum Gasteiger partial charge on any atom is 0.303 e. The van der Waals surface area contributed by atoms with Crippen LogP contribution < -0.4 is 5.32 Å². The van der Waals surface area contributed by atoms with Crippen molar-refractivity contribution in [1.29, 1.82) is 0 Å². The number of aliphatic carboxylic acids is 1. The summed E-state index contributed by atoms with van der Waals surface area (Å²) in [5, 5.41) is 10.4. The molecule has 0 aliphatic rings. The Balaban J connectivity index is 2.63. The molecular formula is C10H9F2NO3. The Morgan fingerprint density at radius 2 is 1.94 bits per heavy atom. The van der Waals surface area contributed by atoms with Gasteiger partial charge in [0.15, 0.2) is 11.6 Å². The number of carbonyl (C=O) groups is 2.